The van der Waals surface area contributed by atoms with E-state index in [9.17, 15) is 58.2 Å². The zero-order valence-corrected chi connectivity index (χ0v) is 25.5. The number of ether oxygens (including phenoxy) is 1. The lowest BCUT2D eigenvalue weighted by atomic mass is 10.1. The molecular weight excluding hydrogens is 707 g/mol. The number of rotatable bonds is 14. The van der Waals surface area contributed by atoms with Crippen LogP contribution in [0, 0.1) is 10.1 Å². The number of benzene rings is 1. The molecule has 1 aromatic heterocycles. The lowest BCUT2D eigenvalue weighted by molar-refractivity contribution is -0.385. The van der Waals surface area contributed by atoms with E-state index in [1.54, 1.807) is 0 Å². The number of carbonyl (C=O) groups excluding carboxylic acids is 1. The topological polar surface area (TPSA) is 385 Å². The number of azide groups is 1. The summed E-state index contributed by atoms with van der Waals surface area (Å²) in [7, 11) is -17.1. The number of nitrogens with zero attached hydrogens (tertiary/aromatic N) is 5. The van der Waals surface area contributed by atoms with Crippen molar-refractivity contribution >= 4 is 46.8 Å². The summed E-state index contributed by atoms with van der Waals surface area (Å²) in [6, 6.07) is 3.06. The van der Waals surface area contributed by atoms with Gasteiger partial charge in [0.25, 0.3) is 17.2 Å². The molecule has 47 heavy (non-hydrogen) atoms. The number of nitrogens with one attached hydrogen (secondary N) is 2. The van der Waals surface area contributed by atoms with Gasteiger partial charge in [-0.2, -0.15) is 8.62 Å². The molecule has 1 fully saturated rings. The molecule has 28 heteroatoms. The summed E-state index contributed by atoms with van der Waals surface area (Å²) >= 11 is 0. The summed E-state index contributed by atoms with van der Waals surface area (Å²) in [6.45, 7) is -1.50. The van der Waals surface area contributed by atoms with Crippen LogP contribution >= 0.6 is 23.5 Å². The molecule has 0 saturated carbocycles. The van der Waals surface area contributed by atoms with Gasteiger partial charge in [0, 0.05) is 29.4 Å². The number of hydrogen-bond acceptors (Lipinski definition) is 15. The average Bonchev–Trinajstić information content (AvgIpc) is 3.21. The summed E-state index contributed by atoms with van der Waals surface area (Å²) in [4.78, 5) is 88.1. The minimum absolute atomic E-state index is 0.0784. The van der Waals surface area contributed by atoms with Crippen molar-refractivity contribution < 1.29 is 71.1 Å². The van der Waals surface area contributed by atoms with Gasteiger partial charge in [-0.25, -0.2) is 18.5 Å². The third kappa shape index (κ3) is 10.3. The fourth-order valence-electron chi connectivity index (χ4n) is 3.79. The SMILES string of the molecule is [N-]=[N+]=Nc1ccc([N+](=O)[O-])c(C(=O)NC/C=C/c2cn([C@@H]3O[C@H](COP(=O)(O)OP(=O)(O)OP(=O)(O)O)[C@@H](O)[C@H]3O)c(=O)[nH]c2=O)c1. The van der Waals surface area contributed by atoms with Gasteiger partial charge in [-0.1, -0.05) is 17.3 Å². The number of carbonyl (C=O) groups is 1. The Hall–Kier alpha value is -3.89. The molecule has 2 unspecified atom stereocenters. The normalized spacial score (nSPS) is 22.3. The Morgan fingerprint density at radius 1 is 1.17 bits per heavy atom. The number of aliphatic hydroxyl groups excluding tert-OH is 2. The summed E-state index contributed by atoms with van der Waals surface area (Å²) in [5.41, 5.74) is 5.03. The molecular formula is C19H22N7O18P3. The lowest BCUT2D eigenvalue weighted by Crippen LogP contribution is -2.38. The van der Waals surface area contributed by atoms with Crippen molar-refractivity contribution in [3.63, 3.8) is 0 Å². The van der Waals surface area contributed by atoms with Crippen molar-refractivity contribution in [1.29, 1.82) is 0 Å². The van der Waals surface area contributed by atoms with Gasteiger partial charge >= 0.3 is 29.2 Å². The molecule has 0 radical (unpaired) electrons. The summed E-state index contributed by atoms with van der Waals surface area (Å²) < 4.78 is 51.5. The fourth-order valence-corrected chi connectivity index (χ4v) is 6.82. The summed E-state index contributed by atoms with van der Waals surface area (Å²) in [5.74, 6) is -0.950. The molecule has 25 nitrogen and oxygen atoms in total. The Morgan fingerprint density at radius 3 is 2.47 bits per heavy atom. The molecule has 1 aliphatic heterocycles. The molecule has 256 valence electrons. The fraction of sp³-hybridized carbons (Fsp3) is 0.316. The number of nitro benzene ring substituents is 1. The minimum atomic E-state index is -5.85. The number of phosphoric ester groups is 1. The van der Waals surface area contributed by atoms with E-state index < -0.39 is 87.9 Å². The Kier molecular flexibility index (Phi) is 11.9. The molecule has 2 aromatic rings. The first-order valence-electron chi connectivity index (χ1n) is 12.2. The first-order valence-corrected chi connectivity index (χ1v) is 16.7. The van der Waals surface area contributed by atoms with Crippen LogP contribution in [-0.4, -0.2) is 81.6 Å². The Balaban J connectivity index is 1.71. The predicted molar refractivity (Wildman–Crippen MR) is 150 cm³/mol. The van der Waals surface area contributed by atoms with Crippen molar-refractivity contribution in [2.24, 2.45) is 5.11 Å². The highest BCUT2D eigenvalue weighted by molar-refractivity contribution is 7.66. The van der Waals surface area contributed by atoms with Gasteiger partial charge < -0.3 is 39.8 Å². The monoisotopic (exact) mass is 729 g/mol. The van der Waals surface area contributed by atoms with Crippen LogP contribution in [0.1, 0.15) is 22.1 Å². The molecule has 3 rings (SSSR count). The van der Waals surface area contributed by atoms with E-state index >= 15 is 0 Å². The maximum Gasteiger partial charge on any atom is 0.490 e. The minimum Gasteiger partial charge on any atom is -0.387 e. The third-order valence-electron chi connectivity index (χ3n) is 5.68. The van der Waals surface area contributed by atoms with Crippen molar-refractivity contribution in [2.75, 3.05) is 13.2 Å². The van der Waals surface area contributed by atoms with Crippen LogP contribution in [0.3, 0.4) is 0 Å². The highest BCUT2D eigenvalue weighted by atomic mass is 31.3. The second-order valence-corrected chi connectivity index (χ2v) is 13.4. The first-order chi connectivity index (χ1) is 21.7. The molecule has 1 aliphatic rings. The van der Waals surface area contributed by atoms with E-state index in [0.717, 1.165) is 30.5 Å². The number of nitro groups is 1. The molecule has 0 bridgehead atoms. The standard InChI is InChI=1S/C19H22N7O18P3/c20-24-23-10-3-4-12(26(32)33)11(6-10)17(30)21-5-1-2-9-7-25(19(31)22-16(9)29)18-15(28)14(27)13(42-18)8-41-46(37,38)44-47(39,40)43-45(34,35)36/h1-4,6-7,13-15,18,27-28H,5,8H2,(H,21,30)(H,37,38)(H,39,40)(H,22,29,31)(H2,34,35,36)/b2-1+/t13-,14-,15-,18-/m1/s1. The highest BCUT2D eigenvalue weighted by Gasteiger charge is 2.47. The van der Waals surface area contributed by atoms with Gasteiger partial charge in [0.1, 0.15) is 23.9 Å². The Labute approximate surface area is 258 Å². The summed E-state index contributed by atoms with van der Waals surface area (Å²) in [6.07, 6.45) is -4.30. The smallest absolute Gasteiger partial charge is 0.387 e. The quantitative estimate of drug-likeness (QED) is 0.0311. The zero-order valence-electron chi connectivity index (χ0n) is 22.8. The molecule has 1 amide bonds. The van der Waals surface area contributed by atoms with Gasteiger partial charge in [0.2, 0.25) is 0 Å². The van der Waals surface area contributed by atoms with Crippen LogP contribution in [0.4, 0.5) is 11.4 Å². The van der Waals surface area contributed by atoms with E-state index in [0.29, 0.717) is 4.57 Å². The van der Waals surface area contributed by atoms with Gasteiger partial charge in [-0.3, -0.25) is 33.8 Å². The predicted octanol–water partition coefficient (Wildman–Crippen LogP) is -0.208. The molecule has 0 spiro atoms. The van der Waals surface area contributed by atoms with Crippen LogP contribution in [0.5, 0.6) is 0 Å². The Morgan fingerprint density at radius 2 is 1.85 bits per heavy atom. The third-order valence-corrected chi connectivity index (χ3v) is 9.49. The van der Waals surface area contributed by atoms with Crippen LogP contribution < -0.4 is 16.6 Å². The van der Waals surface area contributed by atoms with Crippen LogP contribution in [0.25, 0.3) is 16.5 Å². The molecule has 0 aliphatic carbocycles. The number of aromatic amines is 1. The number of phosphoric acid groups is 3. The Bertz CT molecular complexity index is 1880. The van der Waals surface area contributed by atoms with Crippen LogP contribution in [-0.2, 0) is 31.6 Å². The first kappa shape index (κ1) is 37.6. The molecule has 2 heterocycles. The van der Waals surface area contributed by atoms with E-state index in [1.165, 1.54) is 6.08 Å². The maximum atomic E-state index is 12.5. The van der Waals surface area contributed by atoms with E-state index in [1.807, 2.05) is 4.98 Å². The second kappa shape index (κ2) is 14.9. The number of H-pyrrole nitrogens is 1. The van der Waals surface area contributed by atoms with Crippen molar-refractivity contribution in [2.45, 2.75) is 24.5 Å². The van der Waals surface area contributed by atoms with Crippen LogP contribution in [0.2, 0.25) is 0 Å². The molecule has 1 aromatic carbocycles. The molecule has 8 N–H and O–H groups in total. The maximum absolute atomic E-state index is 12.5. The number of aromatic nitrogens is 2. The highest BCUT2D eigenvalue weighted by Crippen LogP contribution is 2.66. The van der Waals surface area contributed by atoms with Crippen molar-refractivity contribution in [1.82, 2.24) is 14.9 Å². The second-order valence-electron chi connectivity index (χ2n) is 8.94. The van der Waals surface area contributed by atoms with Gasteiger partial charge in [0.05, 0.1) is 17.1 Å². The van der Waals surface area contributed by atoms with Crippen molar-refractivity contribution in [3.05, 3.63) is 83.0 Å². The average molecular weight is 729 g/mol. The van der Waals surface area contributed by atoms with Crippen LogP contribution in [0.15, 0.2) is 45.2 Å². The van der Waals surface area contributed by atoms with E-state index in [4.69, 9.17) is 20.1 Å². The van der Waals surface area contributed by atoms with Crippen molar-refractivity contribution in [3.8, 4) is 0 Å². The molecule has 1 saturated heterocycles. The number of hydrogen-bond donors (Lipinski definition) is 8. The largest absolute Gasteiger partial charge is 0.490 e. The van der Waals surface area contributed by atoms with Gasteiger partial charge in [-0.05, 0) is 17.7 Å². The lowest BCUT2D eigenvalue weighted by Gasteiger charge is -2.19. The van der Waals surface area contributed by atoms with E-state index in [2.05, 4.69) is 28.5 Å². The summed E-state index contributed by atoms with van der Waals surface area (Å²) in [5, 5.41) is 37.6. The van der Waals surface area contributed by atoms with Gasteiger partial charge in [-0.15, -0.1) is 0 Å². The number of amides is 1. The number of aliphatic hydroxyl groups is 2. The van der Waals surface area contributed by atoms with E-state index in [-0.39, 0.29) is 17.8 Å². The van der Waals surface area contributed by atoms with Gasteiger partial charge in [0.15, 0.2) is 6.23 Å². The molecule has 6 atom stereocenters. The zero-order chi connectivity index (χ0) is 35.3.